The van der Waals surface area contributed by atoms with Crippen molar-refractivity contribution in [1.29, 1.82) is 0 Å². The molecule has 1 aromatic carbocycles. The molecule has 0 radical (unpaired) electrons. The van der Waals surface area contributed by atoms with Crippen molar-refractivity contribution in [2.24, 2.45) is 11.8 Å². The molecular formula is C29H37N3O4. The molecule has 0 unspecified atom stereocenters. The van der Waals surface area contributed by atoms with Crippen molar-refractivity contribution < 1.29 is 19.4 Å². The van der Waals surface area contributed by atoms with Gasteiger partial charge >= 0.3 is 0 Å². The molecule has 192 valence electrons. The van der Waals surface area contributed by atoms with Crippen molar-refractivity contribution in [3.63, 3.8) is 0 Å². The van der Waals surface area contributed by atoms with E-state index in [0.717, 1.165) is 12.0 Å². The number of carbonyl (C=O) groups is 2. The van der Waals surface area contributed by atoms with Crippen molar-refractivity contribution in [2.45, 2.75) is 52.7 Å². The topological polar surface area (TPSA) is 83.0 Å². The summed E-state index contributed by atoms with van der Waals surface area (Å²) in [5.74, 6) is 6.54. The van der Waals surface area contributed by atoms with Gasteiger partial charge in [-0.25, -0.2) is 4.98 Å². The van der Waals surface area contributed by atoms with Gasteiger partial charge in [-0.2, -0.15) is 0 Å². The first-order valence-electron chi connectivity index (χ1n) is 12.5. The van der Waals surface area contributed by atoms with Gasteiger partial charge in [0, 0.05) is 37.7 Å². The lowest BCUT2D eigenvalue weighted by atomic mass is 9.99. The second-order valence-corrected chi connectivity index (χ2v) is 10.0. The van der Waals surface area contributed by atoms with Crippen molar-refractivity contribution in [1.82, 2.24) is 14.8 Å². The van der Waals surface area contributed by atoms with Crippen LogP contribution in [0.25, 0.3) is 0 Å². The lowest BCUT2D eigenvalue weighted by Crippen LogP contribution is -2.50. The Morgan fingerprint density at radius 2 is 2.00 bits per heavy atom. The smallest absolute Gasteiger partial charge is 0.259 e. The molecule has 0 spiro atoms. The molecule has 3 atom stereocenters. The zero-order valence-corrected chi connectivity index (χ0v) is 21.9. The fourth-order valence-corrected chi connectivity index (χ4v) is 4.02. The Balaban J connectivity index is 1.87. The van der Waals surface area contributed by atoms with E-state index in [1.165, 1.54) is 0 Å². The number of ether oxygens (including phenoxy) is 1. The lowest BCUT2D eigenvalue weighted by Gasteiger charge is -2.37. The van der Waals surface area contributed by atoms with Gasteiger partial charge in [-0.15, -0.1) is 0 Å². The van der Waals surface area contributed by atoms with Crippen LogP contribution in [0.5, 0.6) is 5.88 Å². The van der Waals surface area contributed by atoms with Crippen molar-refractivity contribution in [2.75, 3.05) is 26.7 Å². The maximum Gasteiger partial charge on any atom is 0.259 e. The van der Waals surface area contributed by atoms with E-state index in [1.807, 2.05) is 44.2 Å². The number of fused-ring (bicyclic) bond motifs is 1. The van der Waals surface area contributed by atoms with Crippen molar-refractivity contribution in [3.8, 4) is 17.7 Å². The molecule has 2 heterocycles. The zero-order valence-electron chi connectivity index (χ0n) is 21.9. The number of hydrogen-bond acceptors (Lipinski definition) is 5. The van der Waals surface area contributed by atoms with Crippen molar-refractivity contribution >= 4 is 11.8 Å². The number of aliphatic hydroxyl groups is 1. The third-order valence-corrected chi connectivity index (χ3v) is 6.34. The summed E-state index contributed by atoms with van der Waals surface area (Å²) < 4.78 is 6.29. The van der Waals surface area contributed by atoms with Crippen LogP contribution in [0, 0.1) is 23.7 Å². The zero-order chi connectivity index (χ0) is 26.2. The number of rotatable bonds is 7. The Hall–Kier alpha value is -3.37. The highest BCUT2D eigenvalue weighted by molar-refractivity contribution is 5.97. The molecular weight excluding hydrogens is 454 g/mol. The Morgan fingerprint density at radius 3 is 2.67 bits per heavy atom. The van der Waals surface area contributed by atoms with E-state index in [9.17, 15) is 14.7 Å². The Kier molecular flexibility index (Phi) is 9.49. The highest BCUT2D eigenvalue weighted by Crippen LogP contribution is 2.27. The molecule has 0 saturated carbocycles. The molecule has 7 nitrogen and oxygen atoms in total. The molecule has 1 aliphatic heterocycles. The quantitative estimate of drug-likeness (QED) is 0.601. The first-order chi connectivity index (χ1) is 17.2. The first-order valence-corrected chi connectivity index (χ1v) is 12.5. The molecule has 7 heteroatoms. The SMILES string of the molecule is CC(C)CC#Cc1cnc2c(c1)C(=O)N([C@H](C)CO)C[C@H](C)[C@H](CN(C)C(=O)Cc1ccccc1)O2. The van der Waals surface area contributed by atoms with Gasteiger partial charge in [0.2, 0.25) is 11.8 Å². The molecule has 36 heavy (non-hydrogen) atoms. The maximum absolute atomic E-state index is 13.5. The molecule has 0 bridgehead atoms. The molecule has 2 aromatic rings. The lowest BCUT2D eigenvalue weighted by molar-refractivity contribution is -0.130. The summed E-state index contributed by atoms with van der Waals surface area (Å²) in [6, 6.07) is 11.0. The van der Waals surface area contributed by atoms with Crippen LogP contribution >= 0.6 is 0 Å². The maximum atomic E-state index is 13.5. The van der Waals surface area contributed by atoms with Crippen LogP contribution in [0.3, 0.4) is 0 Å². The summed E-state index contributed by atoms with van der Waals surface area (Å²) in [5, 5.41) is 9.83. The van der Waals surface area contributed by atoms with Gasteiger partial charge in [0.15, 0.2) is 0 Å². The summed E-state index contributed by atoms with van der Waals surface area (Å²) in [6.07, 6.45) is 2.28. The van der Waals surface area contributed by atoms with E-state index in [4.69, 9.17) is 4.74 Å². The monoisotopic (exact) mass is 491 g/mol. The molecule has 3 rings (SSSR count). The first kappa shape index (κ1) is 27.2. The standard InChI is InChI=1S/C29H37N3O4/c1-20(2)10-9-13-24-14-25-28(30-16-24)36-26(21(3)17-32(29(25)35)22(4)19-33)18-31(5)27(34)15-23-11-7-6-8-12-23/h6-8,11-12,14,16,20-22,26,33H,10,15,17-19H2,1-5H3/t21-,22+,26-/m0/s1. The number of nitrogens with zero attached hydrogens (tertiary/aromatic N) is 3. The summed E-state index contributed by atoms with van der Waals surface area (Å²) in [7, 11) is 1.77. The van der Waals surface area contributed by atoms with Gasteiger partial charge in [0.25, 0.3) is 5.91 Å². The van der Waals surface area contributed by atoms with Crippen LogP contribution in [-0.2, 0) is 11.2 Å². The number of hydrogen-bond donors (Lipinski definition) is 1. The molecule has 1 aliphatic rings. The third kappa shape index (κ3) is 7.08. The number of pyridine rings is 1. The van der Waals surface area contributed by atoms with Crippen LogP contribution in [0.2, 0.25) is 0 Å². The summed E-state index contributed by atoms with van der Waals surface area (Å²) in [5.41, 5.74) is 1.91. The average Bonchev–Trinajstić information content (AvgIpc) is 2.86. The van der Waals surface area contributed by atoms with E-state index in [2.05, 4.69) is 30.7 Å². The van der Waals surface area contributed by atoms with Crippen LogP contribution in [0.1, 0.15) is 55.6 Å². The fourth-order valence-electron chi connectivity index (χ4n) is 4.02. The van der Waals surface area contributed by atoms with E-state index in [0.29, 0.717) is 36.6 Å². The number of aliphatic hydroxyl groups excluding tert-OH is 1. The molecule has 2 amide bonds. The van der Waals surface area contributed by atoms with E-state index in [1.54, 1.807) is 29.1 Å². The summed E-state index contributed by atoms with van der Waals surface area (Å²) >= 11 is 0. The number of carbonyl (C=O) groups excluding carboxylic acids is 2. The largest absolute Gasteiger partial charge is 0.472 e. The highest BCUT2D eigenvalue weighted by atomic mass is 16.5. The molecule has 0 saturated heterocycles. The molecule has 1 N–H and O–H groups in total. The highest BCUT2D eigenvalue weighted by Gasteiger charge is 2.34. The minimum Gasteiger partial charge on any atom is -0.472 e. The number of likely N-dealkylation sites (N-methyl/N-ethyl adjacent to an activating group) is 1. The minimum absolute atomic E-state index is 0.0142. The predicted molar refractivity (Wildman–Crippen MR) is 140 cm³/mol. The Labute approximate surface area is 214 Å². The van der Waals surface area contributed by atoms with Gasteiger partial charge in [-0.3, -0.25) is 9.59 Å². The Morgan fingerprint density at radius 1 is 1.28 bits per heavy atom. The third-order valence-electron chi connectivity index (χ3n) is 6.34. The van der Waals surface area contributed by atoms with Gasteiger partial charge in [-0.05, 0) is 24.5 Å². The van der Waals surface area contributed by atoms with Crippen LogP contribution in [0.15, 0.2) is 42.6 Å². The number of amides is 2. The van der Waals surface area contributed by atoms with E-state index < -0.39 is 0 Å². The Bertz CT molecular complexity index is 1110. The molecule has 0 aliphatic carbocycles. The summed E-state index contributed by atoms with van der Waals surface area (Å²) in [4.78, 5) is 34.2. The second kappa shape index (κ2) is 12.5. The predicted octanol–water partition coefficient (Wildman–Crippen LogP) is 3.40. The van der Waals surface area contributed by atoms with Crippen molar-refractivity contribution in [3.05, 3.63) is 59.3 Å². The number of benzene rings is 1. The number of aromatic nitrogens is 1. The van der Waals surface area contributed by atoms with E-state index in [-0.39, 0.29) is 42.4 Å². The van der Waals surface area contributed by atoms with Gasteiger partial charge < -0.3 is 19.6 Å². The normalized spacial score (nSPS) is 18.3. The van der Waals surface area contributed by atoms with Crippen LogP contribution < -0.4 is 4.74 Å². The van der Waals surface area contributed by atoms with Crippen LogP contribution in [0.4, 0.5) is 0 Å². The van der Waals surface area contributed by atoms with Crippen LogP contribution in [-0.4, -0.2) is 70.6 Å². The molecule has 0 fully saturated rings. The summed E-state index contributed by atoms with van der Waals surface area (Å²) in [6.45, 7) is 8.58. The minimum atomic E-state index is -0.389. The van der Waals surface area contributed by atoms with E-state index >= 15 is 0 Å². The van der Waals surface area contributed by atoms with Gasteiger partial charge in [0.1, 0.15) is 11.7 Å². The van der Waals surface area contributed by atoms with Gasteiger partial charge in [-0.1, -0.05) is 62.9 Å². The fraction of sp³-hybridized carbons (Fsp3) is 0.483. The second-order valence-electron chi connectivity index (χ2n) is 10.0. The molecule has 1 aromatic heterocycles. The average molecular weight is 492 g/mol. The van der Waals surface area contributed by atoms with Gasteiger partial charge in [0.05, 0.1) is 25.6 Å².